The fourth-order valence-corrected chi connectivity index (χ4v) is 3.16. The first kappa shape index (κ1) is 16.9. The molecule has 1 N–H and O–H groups in total. The van der Waals surface area contributed by atoms with Gasteiger partial charge in [0.15, 0.2) is 0 Å². The van der Waals surface area contributed by atoms with Crippen LogP contribution >= 0.6 is 15.9 Å². The molecule has 1 amide bonds. The number of nitrogens with one attached hydrogen (secondary N) is 1. The lowest BCUT2D eigenvalue weighted by molar-refractivity contribution is -0.117. The highest BCUT2D eigenvalue weighted by Crippen LogP contribution is 2.21. The van der Waals surface area contributed by atoms with Crippen LogP contribution < -0.4 is 10.2 Å². The van der Waals surface area contributed by atoms with Gasteiger partial charge in [-0.3, -0.25) is 9.69 Å². The summed E-state index contributed by atoms with van der Waals surface area (Å²) in [5, 5.41) is 2.92. The number of carbonyl (C=O) groups is 1. The van der Waals surface area contributed by atoms with Gasteiger partial charge in [0.25, 0.3) is 0 Å². The first-order chi connectivity index (χ1) is 11.6. The Labute approximate surface area is 149 Å². The van der Waals surface area contributed by atoms with Gasteiger partial charge in [-0.15, -0.1) is 0 Å². The number of para-hydroxylation sites is 1. The molecule has 126 valence electrons. The van der Waals surface area contributed by atoms with Gasteiger partial charge in [0.2, 0.25) is 5.91 Å². The standard InChI is InChI=1S/C18H19BrFN3O/c19-16-3-1-2-4-17(16)21-18(24)13-22-9-11-23(12-10-22)15-7-5-14(20)6-8-15/h1-8H,9-13H2,(H,21,24). The highest BCUT2D eigenvalue weighted by Gasteiger charge is 2.19. The Kier molecular flexibility index (Phi) is 5.48. The second-order valence-electron chi connectivity index (χ2n) is 5.77. The number of benzene rings is 2. The van der Waals surface area contributed by atoms with Crippen LogP contribution in [0.3, 0.4) is 0 Å². The maximum atomic E-state index is 13.0. The predicted octanol–water partition coefficient (Wildman–Crippen LogP) is 3.35. The van der Waals surface area contributed by atoms with E-state index in [-0.39, 0.29) is 11.7 Å². The van der Waals surface area contributed by atoms with Crippen LogP contribution in [-0.2, 0) is 4.79 Å². The summed E-state index contributed by atoms with van der Waals surface area (Å²) < 4.78 is 13.9. The van der Waals surface area contributed by atoms with Crippen molar-refractivity contribution in [2.24, 2.45) is 0 Å². The van der Waals surface area contributed by atoms with E-state index in [0.29, 0.717) is 6.54 Å². The van der Waals surface area contributed by atoms with Crippen LogP contribution in [0.4, 0.5) is 15.8 Å². The fourth-order valence-electron chi connectivity index (χ4n) is 2.77. The van der Waals surface area contributed by atoms with Gasteiger partial charge >= 0.3 is 0 Å². The number of nitrogens with zero attached hydrogens (tertiary/aromatic N) is 2. The predicted molar refractivity (Wildman–Crippen MR) is 97.8 cm³/mol. The van der Waals surface area contributed by atoms with Crippen molar-refractivity contribution in [2.45, 2.75) is 0 Å². The van der Waals surface area contributed by atoms with E-state index in [1.165, 1.54) is 12.1 Å². The molecule has 24 heavy (non-hydrogen) atoms. The summed E-state index contributed by atoms with van der Waals surface area (Å²) >= 11 is 3.43. The fraction of sp³-hybridized carbons (Fsp3) is 0.278. The first-order valence-corrected chi connectivity index (χ1v) is 8.68. The summed E-state index contributed by atoms with van der Waals surface area (Å²) in [6.07, 6.45) is 0. The SMILES string of the molecule is O=C(CN1CCN(c2ccc(F)cc2)CC1)Nc1ccccc1Br. The molecule has 1 heterocycles. The molecule has 0 bridgehead atoms. The van der Waals surface area contributed by atoms with Crippen molar-refractivity contribution in [3.63, 3.8) is 0 Å². The summed E-state index contributed by atoms with van der Waals surface area (Å²) in [6, 6.07) is 14.1. The van der Waals surface area contributed by atoms with Gasteiger partial charge in [0.05, 0.1) is 12.2 Å². The molecule has 0 aliphatic carbocycles. The van der Waals surface area contributed by atoms with Gasteiger partial charge in [0.1, 0.15) is 5.82 Å². The van der Waals surface area contributed by atoms with Crippen molar-refractivity contribution in [3.05, 3.63) is 58.8 Å². The van der Waals surface area contributed by atoms with Crippen LogP contribution in [0.1, 0.15) is 0 Å². The lowest BCUT2D eigenvalue weighted by Gasteiger charge is -2.35. The Morgan fingerprint density at radius 1 is 1.04 bits per heavy atom. The highest BCUT2D eigenvalue weighted by atomic mass is 79.9. The molecule has 0 unspecified atom stereocenters. The third kappa shape index (κ3) is 4.33. The lowest BCUT2D eigenvalue weighted by Crippen LogP contribution is -2.48. The molecule has 6 heteroatoms. The van der Waals surface area contributed by atoms with E-state index in [0.717, 1.165) is 42.0 Å². The summed E-state index contributed by atoms with van der Waals surface area (Å²) in [6.45, 7) is 3.64. The minimum atomic E-state index is -0.221. The third-order valence-electron chi connectivity index (χ3n) is 4.08. The summed E-state index contributed by atoms with van der Waals surface area (Å²) in [4.78, 5) is 16.5. The number of hydrogen-bond acceptors (Lipinski definition) is 3. The van der Waals surface area contributed by atoms with E-state index in [2.05, 4.69) is 31.0 Å². The van der Waals surface area contributed by atoms with E-state index in [9.17, 15) is 9.18 Å². The number of carbonyl (C=O) groups excluding carboxylic acids is 1. The smallest absolute Gasteiger partial charge is 0.238 e. The number of piperazine rings is 1. The van der Waals surface area contributed by atoms with Gasteiger partial charge in [-0.1, -0.05) is 12.1 Å². The van der Waals surface area contributed by atoms with Gasteiger partial charge in [0, 0.05) is 36.3 Å². The number of halogens is 2. The number of anilines is 2. The maximum Gasteiger partial charge on any atom is 0.238 e. The number of hydrogen-bond donors (Lipinski definition) is 1. The van der Waals surface area contributed by atoms with E-state index in [4.69, 9.17) is 0 Å². The topological polar surface area (TPSA) is 35.6 Å². The van der Waals surface area contributed by atoms with E-state index in [1.54, 1.807) is 12.1 Å². The lowest BCUT2D eigenvalue weighted by atomic mass is 10.2. The highest BCUT2D eigenvalue weighted by molar-refractivity contribution is 9.10. The Hall–Kier alpha value is -1.92. The normalized spacial score (nSPS) is 15.3. The molecule has 1 aliphatic heterocycles. The molecule has 0 spiro atoms. The number of rotatable bonds is 4. The molecular weight excluding hydrogens is 373 g/mol. The average molecular weight is 392 g/mol. The molecule has 0 aromatic heterocycles. The van der Waals surface area contributed by atoms with Gasteiger partial charge in [-0.25, -0.2) is 4.39 Å². The van der Waals surface area contributed by atoms with Crippen LogP contribution in [0.5, 0.6) is 0 Å². The van der Waals surface area contributed by atoms with Crippen molar-refractivity contribution in [1.82, 2.24) is 4.90 Å². The van der Waals surface area contributed by atoms with Crippen LogP contribution in [0.2, 0.25) is 0 Å². The molecule has 3 rings (SSSR count). The Morgan fingerprint density at radius 2 is 1.71 bits per heavy atom. The molecule has 0 atom stereocenters. The van der Waals surface area contributed by atoms with Crippen molar-refractivity contribution in [1.29, 1.82) is 0 Å². The van der Waals surface area contributed by atoms with E-state index >= 15 is 0 Å². The van der Waals surface area contributed by atoms with Gasteiger partial charge in [-0.05, 0) is 52.3 Å². The molecule has 2 aromatic rings. The zero-order valence-electron chi connectivity index (χ0n) is 13.2. The van der Waals surface area contributed by atoms with E-state index < -0.39 is 0 Å². The molecule has 2 aromatic carbocycles. The largest absolute Gasteiger partial charge is 0.369 e. The Balaban J connectivity index is 1.49. The van der Waals surface area contributed by atoms with Gasteiger partial charge < -0.3 is 10.2 Å². The first-order valence-electron chi connectivity index (χ1n) is 7.89. The zero-order valence-corrected chi connectivity index (χ0v) is 14.8. The second kappa shape index (κ2) is 7.77. The molecule has 4 nitrogen and oxygen atoms in total. The molecular formula is C18H19BrFN3O. The van der Waals surface area contributed by atoms with Crippen LogP contribution in [-0.4, -0.2) is 43.5 Å². The van der Waals surface area contributed by atoms with Gasteiger partial charge in [-0.2, -0.15) is 0 Å². The molecule has 0 saturated carbocycles. The maximum absolute atomic E-state index is 13.0. The minimum Gasteiger partial charge on any atom is -0.369 e. The molecule has 1 saturated heterocycles. The van der Waals surface area contributed by atoms with Crippen molar-refractivity contribution < 1.29 is 9.18 Å². The van der Waals surface area contributed by atoms with Crippen LogP contribution in [0, 0.1) is 5.82 Å². The Morgan fingerprint density at radius 3 is 2.38 bits per heavy atom. The Bertz CT molecular complexity index is 700. The second-order valence-corrected chi connectivity index (χ2v) is 6.62. The van der Waals surface area contributed by atoms with Crippen molar-refractivity contribution >= 4 is 33.2 Å². The summed E-state index contributed by atoms with van der Waals surface area (Å²) in [5.41, 5.74) is 1.81. The average Bonchev–Trinajstić information content (AvgIpc) is 2.58. The molecule has 1 aliphatic rings. The summed E-state index contributed by atoms with van der Waals surface area (Å²) in [7, 11) is 0. The third-order valence-corrected chi connectivity index (χ3v) is 4.77. The van der Waals surface area contributed by atoms with E-state index in [1.807, 2.05) is 24.3 Å². The van der Waals surface area contributed by atoms with Crippen molar-refractivity contribution in [2.75, 3.05) is 42.9 Å². The number of amides is 1. The summed E-state index contributed by atoms with van der Waals surface area (Å²) in [5.74, 6) is -0.238. The monoisotopic (exact) mass is 391 g/mol. The molecule has 1 fully saturated rings. The minimum absolute atomic E-state index is 0.0165. The quantitative estimate of drug-likeness (QED) is 0.867. The van der Waals surface area contributed by atoms with Crippen molar-refractivity contribution in [3.8, 4) is 0 Å². The zero-order chi connectivity index (χ0) is 16.9. The molecule has 0 radical (unpaired) electrons. The van der Waals surface area contributed by atoms with Crippen LogP contribution in [0.15, 0.2) is 53.0 Å². The van der Waals surface area contributed by atoms with Crippen LogP contribution in [0.25, 0.3) is 0 Å².